The molecule has 7 nitrogen and oxygen atoms in total. The number of nitriles is 1. The third kappa shape index (κ3) is 5.80. The van der Waals surface area contributed by atoms with Gasteiger partial charge >= 0.3 is 5.97 Å². The zero-order valence-electron chi connectivity index (χ0n) is 17.1. The first-order chi connectivity index (χ1) is 14.5. The van der Waals surface area contributed by atoms with Gasteiger partial charge in [-0.2, -0.15) is 10.4 Å². The van der Waals surface area contributed by atoms with Gasteiger partial charge in [-0.3, -0.25) is 9.48 Å². The Morgan fingerprint density at radius 1 is 1.30 bits per heavy atom. The van der Waals surface area contributed by atoms with Crippen molar-refractivity contribution in [1.82, 2.24) is 15.1 Å². The number of hydrogen-bond donors (Lipinski definition) is 1. The number of benzene rings is 1. The molecule has 1 aliphatic rings. The van der Waals surface area contributed by atoms with Crippen molar-refractivity contribution in [1.29, 1.82) is 5.26 Å². The van der Waals surface area contributed by atoms with Gasteiger partial charge < -0.3 is 10.1 Å². The van der Waals surface area contributed by atoms with E-state index in [0.717, 1.165) is 30.4 Å². The summed E-state index contributed by atoms with van der Waals surface area (Å²) >= 11 is 0. The van der Waals surface area contributed by atoms with Gasteiger partial charge in [0.25, 0.3) is 5.91 Å². The van der Waals surface area contributed by atoms with Gasteiger partial charge in [0, 0.05) is 17.8 Å². The van der Waals surface area contributed by atoms with E-state index in [1.807, 2.05) is 36.5 Å². The highest BCUT2D eigenvalue weighted by atomic mass is 16.5. The Morgan fingerprint density at radius 3 is 2.73 bits per heavy atom. The summed E-state index contributed by atoms with van der Waals surface area (Å²) in [6.45, 7) is 2.14. The van der Waals surface area contributed by atoms with E-state index in [0.29, 0.717) is 19.4 Å². The fraction of sp³-hybridized carbons (Fsp3) is 0.391. The molecule has 1 fully saturated rings. The molecule has 0 radical (unpaired) electrons. The maximum Gasteiger partial charge on any atom is 0.331 e. The summed E-state index contributed by atoms with van der Waals surface area (Å²) in [6.07, 6.45) is 9.51. The number of amides is 1. The first-order valence-corrected chi connectivity index (χ1v) is 10.2. The molecular weight excluding hydrogens is 380 g/mol. The van der Waals surface area contributed by atoms with Gasteiger partial charge in [-0.15, -0.1) is 0 Å². The first kappa shape index (κ1) is 21.3. The number of nitrogens with zero attached hydrogens (tertiary/aromatic N) is 3. The van der Waals surface area contributed by atoms with Crippen molar-refractivity contribution < 1.29 is 14.3 Å². The molecule has 30 heavy (non-hydrogen) atoms. The van der Waals surface area contributed by atoms with Crippen LogP contribution in [0.1, 0.15) is 50.2 Å². The Bertz CT molecular complexity index is 937. The number of nitrogens with one attached hydrogen (secondary N) is 1. The second-order valence-corrected chi connectivity index (χ2v) is 7.61. The van der Waals surface area contributed by atoms with E-state index >= 15 is 0 Å². The van der Waals surface area contributed by atoms with Crippen molar-refractivity contribution >= 4 is 18.0 Å². The molecule has 1 N–H and O–H groups in total. The van der Waals surface area contributed by atoms with Crippen LogP contribution in [-0.2, 0) is 20.9 Å². The lowest BCUT2D eigenvalue weighted by molar-refractivity contribution is -0.150. The van der Waals surface area contributed by atoms with Crippen LogP contribution < -0.4 is 5.32 Å². The zero-order valence-corrected chi connectivity index (χ0v) is 17.1. The Morgan fingerprint density at radius 2 is 2.03 bits per heavy atom. The van der Waals surface area contributed by atoms with E-state index in [2.05, 4.69) is 16.5 Å². The molecule has 1 aliphatic carbocycles. The SMILES string of the molecule is C[C@H](OC(=O)/C=C/c1cnn(Cc2ccccc2)c1)C(=O)NC1(C#N)CCCCC1. The molecule has 3 rings (SSSR count). The minimum Gasteiger partial charge on any atom is -0.449 e. The summed E-state index contributed by atoms with van der Waals surface area (Å²) in [7, 11) is 0. The number of aromatic nitrogens is 2. The Labute approximate surface area is 176 Å². The van der Waals surface area contributed by atoms with E-state index in [9.17, 15) is 14.9 Å². The zero-order chi connectivity index (χ0) is 21.4. The summed E-state index contributed by atoms with van der Waals surface area (Å²) in [5.74, 6) is -1.07. The average Bonchev–Trinajstić information content (AvgIpc) is 3.21. The van der Waals surface area contributed by atoms with E-state index in [1.165, 1.54) is 13.0 Å². The summed E-state index contributed by atoms with van der Waals surface area (Å²) in [6, 6.07) is 12.2. The van der Waals surface area contributed by atoms with Gasteiger partial charge in [-0.05, 0) is 31.4 Å². The van der Waals surface area contributed by atoms with Gasteiger partial charge in [0.05, 0.1) is 18.8 Å². The Balaban J connectivity index is 1.50. The topological polar surface area (TPSA) is 97.0 Å². The fourth-order valence-corrected chi connectivity index (χ4v) is 3.51. The van der Waals surface area contributed by atoms with Gasteiger partial charge in [-0.25, -0.2) is 4.79 Å². The molecule has 1 aromatic carbocycles. The van der Waals surface area contributed by atoms with Gasteiger partial charge in [0.15, 0.2) is 6.10 Å². The molecule has 1 aromatic heterocycles. The number of rotatable bonds is 7. The summed E-state index contributed by atoms with van der Waals surface area (Å²) in [5.41, 5.74) is 1.04. The molecule has 1 atom stereocenters. The van der Waals surface area contributed by atoms with Crippen molar-refractivity contribution in [3.63, 3.8) is 0 Å². The maximum atomic E-state index is 12.4. The van der Waals surface area contributed by atoms with E-state index in [4.69, 9.17) is 4.74 Å². The van der Waals surface area contributed by atoms with Crippen LogP contribution in [0, 0.1) is 11.3 Å². The predicted octanol–water partition coefficient (Wildman–Crippen LogP) is 3.22. The minimum atomic E-state index is -0.977. The van der Waals surface area contributed by atoms with Gasteiger partial charge in [0.1, 0.15) is 5.54 Å². The lowest BCUT2D eigenvalue weighted by Gasteiger charge is -2.32. The Kier molecular flexibility index (Phi) is 7.02. The average molecular weight is 406 g/mol. The summed E-state index contributed by atoms with van der Waals surface area (Å²) in [4.78, 5) is 24.5. The van der Waals surface area contributed by atoms with Gasteiger partial charge in [-0.1, -0.05) is 49.6 Å². The van der Waals surface area contributed by atoms with Crippen molar-refractivity contribution in [3.8, 4) is 6.07 Å². The molecule has 0 saturated heterocycles. The van der Waals surface area contributed by atoms with Crippen molar-refractivity contribution in [2.24, 2.45) is 0 Å². The summed E-state index contributed by atoms with van der Waals surface area (Å²) < 4.78 is 6.97. The highest BCUT2D eigenvalue weighted by molar-refractivity contribution is 5.90. The highest BCUT2D eigenvalue weighted by Gasteiger charge is 2.35. The van der Waals surface area contributed by atoms with Crippen LogP contribution in [0.2, 0.25) is 0 Å². The molecular formula is C23H26N4O3. The quantitative estimate of drug-likeness (QED) is 0.562. The first-order valence-electron chi connectivity index (χ1n) is 10.2. The second kappa shape index (κ2) is 9.88. The fourth-order valence-electron chi connectivity index (χ4n) is 3.51. The smallest absolute Gasteiger partial charge is 0.331 e. The molecule has 0 bridgehead atoms. The van der Waals surface area contributed by atoms with E-state index in [1.54, 1.807) is 17.0 Å². The van der Waals surface area contributed by atoms with Crippen LogP contribution in [0.25, 0.3) is 6.08 Å². The standard InChI is InChI=1S/C23H26N4O3/c1-18(22(29)26-23(17-24)12-6-3-7-13-23)30-21(28)11-10-20-14-25-27(16-20)15-19-8-4-2-5-9-19/h2,4-5,8-11,14,16,18H,3,6-7,12-13,15H2,1H3,(H,26,29)/b11-10+/t18-/m0/s1. The van der Waals surface area contributed by atoms with Crippen LogP contribution in [0.3, 0.4) is 0 Å². The molecule has 1 amide bonds. The van der Waals surface area contributed by atoms with E-state index < -0.39 is 23.5 Å². The summed E-state index contributed by atoms with van der Waals surface area (Å²) in [5, 5.41) is 16.5. The number of hydrogen-bond acceptors (Lipinski definition) is 5. The number of esters is 1. The maximum absolute atomic E-state index is 12.4. The highest BCUT2D eigenvalue weighted by Crippen LogP contribution is 2.27. The van der Waals surface area contributed by atoms with Crippen LogP contribution in [0.15, 0.2) is 48.8 Å². The lowest BCUT2D eigenvalue weighted by Crippen LogP contribution is -2.52. The third-order valence-electron chi connectivity index (χ3n) is 5.20. The second-order valence-electron chi connectivity index (χ2n) is 7.61. The molecule has 2 aromatic rings. The molecule has 1 saturated carbocycles. The van der Waals surface area contributed by atoms with Crippen LogP contribution >= 0.6 is 0 Å². The van der Waals surface area contributed by atoms with Crippen molar-refractivity contribution in [2.45, 2.75) is 57.2 Å². The largest absolute Gasteiger partial charge is 0.449 e. The number of ether oxygens (including phenoxy) is 1. The van der Waals surface area contributed by atoms with Crippen LogP contribution in [0.5, 0.6) is 0 Å². The normalized spacial score (nSPS) is 16.5. The van der Waals surface area contributed by atoms with Crippen LogP contribution in [0.4, 0.5) is 0 Å². The molecule has 0 aliphatic heterocycles. The molecule has 0 spiro atoms. The predicted molar refractivity (Wildman–Crippen MR) is 112 cm³/mol. The number of carbonyl (C=O) groups is 2. The van der Waals surface area contributed by atoms with Crippen LogP contribution in [-0.4, -0.2) is 33.3 Å². The third-order valence-corrected chi connectivity index (χ3v) is 5.20. The monoisotopic (exact) mass is 406 g/mol. The van der Waals surface area contributed by atoms with Crippen molar-refractivity contribution in [2.75, 3.05) is 0 Å². The lowest BCUT2D eigenvalue weighted by atomic mass is 9.83. The minimum absolute atomic E-state index is 0.448. The Hall–Kier alpha value is -3.40. The van der Waals surface area contributed by atoms with Crippen molar-refractivity contribution in [3.05, 3.63) is 59.9 Å². The number of carbonyl (C=O) groups excluding carboxylic acids is 2. The molecule has 156 valence electrons. The molecule has 0 unspecified atom stereocenters. The van der Waals surface area contributed by atoms with E-state index in [-0.39, 0.29) is 0 Å². The molecule has 1 heterocycles. The van der Waals surface area contributed by atoms with Gasteiger partial charge in [0.2, 0.25) is 0 Å². The molecule has 7 heteroatoms.